The number of hydrogen-bond acceptors (Lipinski definition) is 3. The maximum Gasteiger partial charge on any atom is 0.273 e. The van der Waals surface area contributed by atoms with E-state index in [1.165, 1.54) is 18.2 Å². The second kappa shape index (κ2) is 6.22. The Hall–Kier alpha value is -1.95. The van der Waals surface area contributed by atoms with Gasteiger partial charge in [-0.3, -0.25) is 10.1 Å². The van der Waals surface area contributed by atoms with Crippen LogP contribution in [0.2, 0.25) is 0 Å². The molecule has 1 N–H and O–H groups in total. The van der Waals surface area contributed by atoms with Crippen LogP contribution < -0.4 is 5.32 Å². The molecule has 2 aromatic rings. The number of nitrogens with one attached hydrogen (secondary N) is 1. The maximum absolute atomic E-state index is 13.2. The number of hydrogen-bond donors (Lipinski definition) is 1. The van der Waals surface area contributed by atoms with Crippen molar-refractivity contribution in [2.45, 2.75) is 19.9 Å². The zero-order valence-electron chi connectivity index (χ0n) is 11.6. The van der Waals surface area contributed by atoms with E-state index in [1.807, 2.05) is 13.0 Å². The molecule has 0 aliphatic carbocycles. The van der Waals surface area contributed by atoms with Crippen LogP contribution in [0.4, 0.5) is 15.8 Å². The van der Waals surface area contributed by atoms with Crippen LogP contribution in [0.1, 0.15) is 24.1 Å². The first-order valence-corrected chi connectivity index (χ1v) is 7.14. The SMILES string of the molecule is Cc1cc(NC(C)c2cccc(F)c2)c(Br)cc1[N+](=O)[O-]. The minimum absolute atomic E-state index is 0.0610. The molecule has 0 amide bonds. The van der Waals surface area contributed by atoms with Crippen molar-refractivity contribution < 1.29 is 9.31 Å². The van der Waals surface area contributed by atoms with Crippen molar-refractivity contribution in [3.8, 4) is 0 Å². The molecule has 1 atom stereocenters. The van der Waals surface area contributed by atoms with Crippen molar-refractivity contribution in [3.63, 3.8) is 0 Å². The molecule has 0 radical (unpaired) electrons. The number of nitro benzene ring substituents is 1. The van der Waals surface area contributed by atoms with Gasteiger partial charge in [-0.05, 0) is 53.5 Å². The standard InChI is InChI=1S/C15H14BrFN2O2/c1-9-6-14(13(16)8-15(9)19(20)21)18-10(2)11-4-3-5-12(17)7-11/h3-8,10,18H,1-2H3. The summed E-state index contributed by atoms with van der Waals surface area (Å²) in [6, 6.07) is 9.38. The monoisotopic (exact) mass is 352 g/mol. The summed E-state index contributed by atoms with van der Waals surface area (Å²) in [6.07, 6.45) is 0. The van der Waals surface area contributed by atoms with E-state index < -0.39 is 4.92 Å². The average Bonchev–Trinajstić information content (AvgIpc) is 2.42. The molecule has 2 aromatic carbocycles. The molecule has 4 nitrogen and oxygen atoms in total. The Labute approximate surface area is 130 Å². The Morgan fingerprint density at radius 1 is 1.33 bits per heavy atom. The molecule has 0 aliphatic rings. The van der Waals surface area contributed by atoms with E-state index in [0.717, 1.165) is 11.3 Å². The topological polar surface area (TPSA) is 55.2 Å². The lowest BCUT2D eigenvalue weighted by Crippen LogP contribution is -2.08. The minimum atomic E-state index is -0.417. The van der Waals surface area contributed by atoms with E-state index in [9.17, 15) is 14.5 Å². The van der Waals surface area contributed by atoms with E-state index in [4.69, 9.17) is 0 Å². The van der Waals surface area contributed by atoms with Gasteiger partial charge in [0.15, 0.2) is 0 Å². The molecular formula is C15H14BrFN2O2. The van der Waals surface area contributed by atoms with Gasteiger partial charge in [0, 0.05) is 27.8 Å². The van der Waals surface area contributed by atoms with Gasteiger partial charge in [0.2, 0.25) is 0 Å². The molecule has 110 valence electrons. The Balaban J connectivity index is 2.27. The smallest absolute Gasteiger partial charge is 0.273 e. The maximum atomic E-state index is 13.2. The van der Waals surface area contributed by atoms with Crippen LogP contribution in [0.5, 0.6) is 0 Å². The molecule has 0 saturated heterocycles. The molecule has 0 aromatic heterocycles. The largest absolute Gasteiger partial charge is 0.378 e. The fourth-order valence-electron chi connectivity index (χ4n) is 2.07. The molecule has 0 heterocycles. The zero-order valence-corrected chi connectivity index (χ0v) is 13.1. The predicted molar refractivity (Wildman–Crippen MR) is 84.0 cm³/mol. The second-order valence-corrected chi connectivity index (χ2v) is 5.65. The van der Waals surface area contributed by atoms with E-state index >= 15 is 0 Å². The zero-order chi connectivity index (χ0) is 15.6. The lowest BCUT2D eigenvalue weighted by molar-refractivity contribution is -0.385. The van der Waals surface area contributed by atoms with Crippen LogP contribution in [-0.4, -0.2) is 4.92 Å². The summed E-state index contributed by atoms with van der Waals surface area (Å²) >= 11 is 3.32. The highest BCUT2D eigenvalue weighted by Gasteiger charge is 2.15. The van der Waals surface area contributed by atoms with Crippen molar-refractivity contribution >= 4 is 27.3 Å². The number of rotatable bonds is 4. The summed E-state index contributed by atoms with van der Waals surface area (Å²) < 4.78 is 13.8. The summed E-state index contributed by atoms with van der Waals surface area (Å²) in [7, 11) is 0. The highest BCUT2D eigenvalue weighted by atomic mass is 79.9. The van der Waals surface area contributed by atoms with Gasteiger partial charge in [-0.15, -0.1) is 0 Å². The highest BCUT2D eigenvalue weighted by Crippen LogP contribution is 2.32. The molecule has 1 unspecified atom stereocenters. The molecule has 0 bridgehead atoms. The molecule has 21 heavy (non-hydrogen) atoms. The molecule has 2 rings (SSSR count). The van der Waals surface area contributed by atoms with E-state index in [1.54, 1.807) is 19.1 Å². The van der Waals surface area contributed by atoms with E-state index in [0.29, 0.717) is 10.0 Å². The van der Waals surface area contributed by atoms with Crippen LogP contribution in [0.25, 0.3) is 0 Å². The minimum Gasteiger partial charge on any atom is -0.378 e. The number of nitro groups is 1. The number of nitrogens with zero attached hydrogens (tertiary/aromatic N) is 1. The van der Waals surface area contributed by atoms with E-state index in [2.05, 4.69) is 21.2 Å². The van der Waals surface area contributed by atoms with Crippen molar-refractivity contribution in [1.82, 2.24) is 0 Å². The van der Waals surface area contributed by atoms with Gasteiger partial charge in [0.25, 0.3) is 5.69 Å². The fraction of sp³-hybridized carbons (Fsp3) is 0.200. The number of aryl methyl sites for hydroxylation is 1. The van der Waals surface area contributed by atoms with Crippen LogP contribution in [0.15, 0.2) is 40.9 Å². The third-order valence-corrected chi connectivity index (χ3v) is 3.86. The lowest BCUT2D eigenvalue weighted by atomic mass is 10.1. The first kappa shape index (κ1) is 15.4. The summed E-state index contributed by atoms with van der Waals surface area (Å²) in [5.74, 6) is -0.292. The summed E-state index contributed by atoms with van der Waals surface area (Å²) in [6.45, 7) is 3.58. The van der Waals surface area contributed by atoms with Gasteiger partial charge < -0.3 is 5.32 Å². The molecule has 0 spiro atoms. The first-order valence-electron chi connectivity index (χ1n) is 6.35. The molecule has 0 aliphatic heterocycles. The summed E-state index contributed by atoms with van der Waals surface area (Å²) in [5.41, 5.74) is 2.16. The normalized spacial score (nSPS) is 12.0. The molecular weight excluding hydrogens is 339 g/mol. The van der Waals surface area contributed by atoms with Crippen LogP contribution in [-0.2, 0) is 0 Å². The number of benzene rings is 2. The van der Waals surface area contributed by atoms with Gasteiger partial charge >= 0.3 is 0 Å². The quantitative estimate of drug-likeness (QED) is 0.623. The Bertz CT molecular complexity index is 691. The Morgan fingerprint density at radius 2 is 2.05 bits per heavy atom. The van der Waals surface area contributed by atoms with Crippen molar-refractivity contribution in [1.29, 1.82) is 0 Å². The Kier molecular flexibility index (Phi) is 4.57. The highest BCUT2D eigenvalue weighted by molar-refractivity contribution is 9.10. The van der Waals surface area contributed by atoms with Crippen LogP contribution in [0.3, 0.4) is 0 Å². The average molecular weight is 353 g/mol. The van der Waals surface area contributed by atoms with Gasteiger partial charge in [0.05, 0.1) is 4.92 Å². The van der Waals surface area contributed by atoms with Crippen molar-refractivity contribution in [3.05, 3.63) is 67.9 Å². The predicted octanol–water partition coefficient (Wildman–Crippen LogP) is 4.98. The first-order chi connectivity index (χ1) is 9.88. The van der Waals surface area contributed by atoms with Gasteiger partial charge in [-0.1, -0.05) is 12.1 Å². The lowest BCUT2D eigenvalue weighted by Gasteiger charge is -2.17. The van der Waals surface area contributed by atoms with Crippen LogP contribution in [0, 0.1) is 22.9 Å². The van der Waals surface area contributed by atoms with Gasteiger partial charge in [0.1, 0.15) is 5.82 Å². The Morgan fingerprint density at radius 3 is 2.67 bits per heavy atom. The number of anilines is 1. The number of halogens is 2. The molecule has 6 heteroatoms. The van der Waals surface area contributed by atoms with Gasteiger partial charge in [-0.2, -0.15) is 0 Å². The molecule has 0 fully saturated rings. The van der Waals surface area contributed by atoms with Crippen molar-refractivity contribution in [2.75, 3.05) is 5.32 Å². The van der Waals surface area contributed by atoms with Crippen molar-refractivity contribution in [2.24, 2.45) is 0 Å². The summed E-state index contributed by atoms with van der Waals surface area (Å²) in [5, 5.41) is 14.1. The molecule has 0 saturated carbocycles. The third kappa shape index (κ3) is 3.58. The summed E-state index contributed by atoms with van der Waals surface area (Å²) in [4.78, 5) is 10.5. The fourth-order valence-corrected chi connectivity index (χ4v) is 2.52. The van der Waals surface area contributed by atoms with Gasteiger partial charge in [-0.25, -0.2) is 4.39 Å². The van der Waals surface area contributed by atoms with Crippen LogP contribution >= 0.6 is 15.9 Å². The van der Waals surface area contributed by atoms with E-state index in [-0.39, 0.29) is 17.5 Å². The third-order valence-electron chi connectivity index (χ3n) is 3.20. The second-order valence-electron chi connectivity index (χ2n) is 4.80.